The van der Waals surface area contributed by atoms with Gasteiger partial charge < -0.3 is 19.9 Å². The third-order valence-corrected chi connectivity index (χ3v) is 4.82. The lowest BCUT2D eigenvalue weighted by atomic mass is 10.1. The van der Waals surface area contributed by atoms with Crippen molar-refractivity contribution in [2.24, 2.45) is 0 Å². The minimum absolute atomic E-state index is 0.0265. The Kier molecular flexibility index (Phi) is 6.29. The number of hydrogen-bond donors (Lipinski definition) is 1. The van der Waals surface area contributed by atoms with Crippen molar-refractivity contribution in [1.29, 1.82) is 0 Å². The fraction of sp³-hybridized carbons (Fsp3) is 0.429. The minimum atomic E-state index is -0.203. The number of aromatic nitrogens is 1. The number of fused-ring (bicyclic) bond motifs is 1. The first-order valence-electron chi connectivity index (χ1n) is 9.39. The highest BCUT2D eigenvalue weighted by Crippen LogP contribution is 2.29. The molecule has 0 aliphatic carbocycles. The molecule has 0 spiro atoms. The zero-order valence-electron chi connectivity index (χ0n) is 16.3. The van der Waals surface area contributed by atoms with E-state index in [1.54, 1.807) is 6.20 Å². The van der Waals surface area contributed by atoms with E-state index in [9.17, 15) is 4.79 Å². The van der Waals surface area contributed by atoms with Crippen molar-refractivity contribution in [2.75, 3.05) is 38.7 Å². The third-order valence-electron chi connectivity index (χ3n) is 4.82. The molecule has 27 heavy (non-hydrogen) atoms. The van der Waals surface area contributed by atoms with E-state index in [4.69, 9.17) is 4.74 Å². The zero-order chi connectivity index (χ0) is 19.2. The van der Waals surface area contributed by atoms with E-state index in [1.165, 1.54) is 11.3 Å². The van der Waals surface area contributed by atoms with Gasteiger partial charge in [-0.25, -0.2) is 4.98 Å². The van der Waals surface area contributed by atoms with Crippen LogP contribution in [0.1, 0.15) is 18.1 Å². The van der Waals surface area contributed by atoms with Crippen LogP contribution in [-0.4, -0.2) is 55.6 Å². The summed E-state index contributed by atoms with van der Waals surface area (Å²) in [6, 6.07) is 11.9. The van der Waals surface area contributed by atoms with Crippen LogP contribution < -0.4 is 15.0 Å². The molecular weight excluding hydrogens is 340 g/mol. The summed E-state index contributed by atoms with van der Waals surface area (Å²) in [6.45, 7) is 4.72. The summed E-state index contributed by atoms with van der Waals surface area (Å²) in [6.07, 6.45) is 2.71. The standard InChI is InChI=1S/C21H28N4O2/c1-16(25-11-9-18-6-4-5-7-19(18)25)21(26)23-15-17-8-10-22-20(14-17)27-13-12-24(2)3/h4-8,10,14,16H,9,11-13,15H2,1-3H3,(H,23,26). The van der Waals surface area contributed by atoms with Crippen LogP contribution in [0.5, 0.6) is 5.88 Å². The predicted octanol–water partition coefficient (Wildman–Crippen LogP) is 2.09. The van der Waals surface area contributed by atoms with Gasteiger partial charge in [-0.05, 0) is 50.7 Å². The van der Waals surface area contributed by atoms with Gasteiger partial charge in [0.2, 0.25) is 11.8 Å². The molecule has 6 nitrogen and oxygen atoms in total. The Morgan fingerprint density at radius 2 is 2.15 bits per heavy atom. The van der Waals surface area contributed by atoms with Gasteiger partial charge in [-0.2, -0.15) is 0 Å². The number of nitrogens with one attached hydrogen (secondary N) is 1. The molecule has 1 aromatic carbocycles. The van der Waals surface area contributed by atoms with Gasteiger partial charge in [-0.15, -0.1) is 0 Å². The summed E-state index contributed by atoms with van der Waals surface area (Å²) >= 11 is 0. The quantitative estimate of drug-likeness (QED) is 0.773. The number of benzene rings is 1. The van der Waals surface area contributed by atoms with Crippen LogP contribution in [-0.2, 0) is 17.8 Å². The number of carbonyl (C=O) groups is 1. The Morgan fingerprint density at radius 3 is 2.96 bits per heavy atom. The maximum atomic E-state index is 12.6. The first kappa shape index (κ1) is 19.2. The highest BCUT2D eigenvalue weighted by atomic mass is 16.5. The second-order valence-electron chi connectivity index (χ2n) is 7.12. The maximum absolute atomic E-state index is 12.6. The molecule has 1 aromatic heterocycles. The predicted molar refractivity (Wildman–Crippen MR) is 107 cm³/mol. The first-order chi connectivity index (χ1) is 13.0. The van der Waals surface area contributed by atoms with Gasteiger partial charge in [0.1, 0.15) is 12.6 Å². The molecule has 3 rings (SSSR count). The van der Waals surface area contributed by atoms with Gasteiger partial charge >= 0.3 is 0 Å². The van der Waals surface area contributed by atoms with Gasteiger partial charge in [0.15, 0.2) is 0 Å². The van der Waals surface area contributed by atoms with Crippen molar-refractivity contribution in [3.8, 4) is 5.88 Å². The van der Waals surface area contributed by atoms with Crippen LogP contribution >= 0.6 is 0 Å². The molecule has 0 bridgehead atoms. The smallest absolute Gasteiger partial charge is 0.242 e. The van der Waals surface area contributed by atoms with E-state index in [0.29, 0.717) is 19.0 Å². The molecule has 144 valence electrons. The normalized spacial score (nSPS) is 14.1. The lowest BCUT2D eigenvalue weighted by Gasteiger charge is -2.26. The van der Waals surface area contributed by atoms with Crippen LogP contribution in [0, 0.1) is 0 Å². The molecule has 0 saturated carbocycles. The van der Waals surface area contributed by atoms with Crippen LogP contribution in [0.15, 0.2) is 42.6 Å². The van der Waals surface area contributed by atoms with Crippen molar-refractivity contribution in [3.05, 3.63) is 53.7 Å². The molecular formula is C21H28N4O2. The molecule has 6 heteroatoms. The van der Waals surface area contributed by atoms with Crippen molar-refractivity contribution in [3.63, 3.8) is 0 Å². The van der Waals surface area contributed by atoms with Crippen LogP contribution in [0.3, 0.4) is 0 Å². The first-order valence-corrected chi connectivity index (χ1v) is 9.39. The molecule has 1 aliphatic rings. The van der Waals surface area contributed by atoms with Gasteiger partial charge in [-0.1, -0.05) is 18.2 Å². The number of likely N-dealkylation sites (N-methyl/N-ethyl adjacent to an activating group) is 1. The fourth-order valence-corrected chi connectivity index (χ4v) is 3.22. The van der Waals surface area contributed by atoms with Crippen molar-refractivity contribution >= 4 is 11.6 Å². The Labute approximate surface area is 161 Å². The average Bonchev–Trinajstić information content (AvgIpc) is 3.09. The van der Waals surface area contributed by atoms with E-state index in [0.717, 1.165) is 25.1 Å². The molecule has 0 fully saturated rings. The number of para-hydroxylation sites is 1. The van der Waals surface area contributed by atoms with E-state index < -0.39 is 0 Å². The van der Waals surface area contributed by atoms with Gasteiger partial charge in [-0.3, -0.25) is 4.79 Å². The zero-order valence-corrected chi connectivity index (χ0v) is 16.3. The van der Waals surface area contributed by atoms with Crippen molar-refractivity contribution in [1.82, 2.24) is 15.2 Å². The lowest BCUT2D eigenvalue weighted by molar-refractivity contribution is -0.122. The highest BCUT2D eigenvalue weighted by molar-refractivity contribution is 5.85. The summed E-state index contributed by atoms with van der Waals surface area (Å²) in [5, 5.41) is 3.04. The highest BCUT2D eigenvalue weighted by Gasteiger charge is 2.27. The molecule has 0 radical (unpaired) electrons. The summed E-state index contributed by atoms with van der Waals surface area (Å²) in [5.74, 6) is 0.615. The second kappa shape index (κ2) is 8.86. The van der Waals surface area contributed by atoms with Gasteiger partial charge in [0.25, 0.3) is 0 Å². The summed E-state index contributed by atoms with van der Waals surface area (Å²) in [7, 11) is 4.01. The number of pyridine rings is 1. The summed E-state index contributed by atoms with van der Waals surface area (Å²) < 4.78 is 5.66. The summed E-state index contributed by atoms with van der Waals surface area (Å²) in [4.78, 5) is 21.1. The van der Waals surface area contributed by atoms with Crippen LogP contribution in [0.25, 0.3) is 0 Å². The minimum Gasteiger partial charge on any atom is -0.476 e. The third kappa shape index (κ3) is 4.98. The lowest BCUT2D eigenvalue weighted by Crippen LogP contribution is -2.44. The number of rotatable bonds is 8. The molecule has 1 atom stereocenters. The molecule has 2 aromatic rings. The van der Waals surface area contributed by atoms with E-state index in [1.807, 2.05) is 39.2 Å². The number of hydrogen-bond acceptors (Lipinski definition) is 5. The molecule has 0 saturated heterocycles. The Morgan fingerprint density at radius 1 is 1.33 bits per heavy atom. The van der Waals surface area contributed by atoms with Crippen LogP contribution in [0.2, 0.25) is 0 Å². The molecule has 1 unspecified atom stereocenters. The monoisotopic (exact) mass is 368 g/mol. The van der Waals surface area contributed by atoms with Crippen molar-refractivity contribution in [2.45, 2.75) is 25.9 Å². The van der Waals surface area contributed by atoms with Gasteiger partial charge in [0, 0.05) is 37.6 Å². The molecule has 1 aliphatic heterocycles. The van der Waals surface area contributed by atoms with E-state index in [-0.39, 0.29) is 11.9 Å². The Hall–Kier alpha value is -2.60. The summed E-state index contributed by atoms with van der Waals surface area (Å²) in [5.41, 5.74) is 3.46. The molecule has 1 N–H and O–H groups in total. The number of anilines is 1. The average molecular weight is 368 g/mol. The SMILES string of the molecule is CC(C(=O)NCc1ccnc(OCCN(C)C)c1)N1CCc2ccccc21. The van der Waals surface area contributed by atoms with Crippen LogP contribution in [0.4, 0.5) is 5.69 Å². The van der Waals surface area contributed by atoms with Gasteiger partial charge in [0.05, 0.1) is 0 Å². The number of amides is 1. The molecule has 1 amide bonds. The fourth-order valence-electron chi connectivity index (χ4n) is 3.22. The number of ether oxygens (including phenoxy) is 1. The maximum Gasteiger partial charge on any atom is 0.242 e. The molecule has 2 heterocycles. The largest absolute Gasteiger partial charge is 0.476 e. The number of carbonyl (C=O) groups excluding carboxylic acids is 1. The topological polar surface area (TPSA) is 57.7 Å². The number of nitrogens with zero attached hydrogens (tertiary/aromatic N) is 3. The Bertz CT molecular complexity index is 778. The second-order valence-corrected chi connectivity index (χ2v) is 7.12. The van der Waals surface area contributed by atoms with E-state index in [2.05, 4.69) is 38.3 Å². The Balaban J connectivity index is 1.53. The van der Waals surface area contributed by atoms with Crippen molar-refractivity contribution < 1.29 is 9.53 Å². The van der Waals surface area contributed by atoms with E-state index >= 15 is 0 Å².